The van der Waals surface area contributed by atoms with Crippen LogP contribution in [0.5, 0.6) is 0 Å². The van der Waals surface area contributed by atoms with Crippen molar-refractivity contribution in [2.45, 2.75) is 51.2 Å². The first-order chi connectivity index (χ1) is 9.70. The van der Waals surface area contributed by atoms with Gasteiger partial charge in [0, 0.05) is 23.2 Å². The highest BCUT2D eigenvalue weighted by molar-refractivity contribution is 6.30. The molecule has 0 amide bonds. The van der Waals surface area contributed by atoms with Gasteiger partial charge in [-0.25, -0.2) is 4.39 Å². The molecule has 1 saturated heterocycles. The predicted molar refractivity (Wildman–Crippen MR) is 80.7 cm³/mol. The monoisotopic (exact) mass is 299 g/mol. The molecular weight excluding hydrogens is 277 g/mol. The van der Waals surface area contributed by atoms with Gasteiger partial charge in [-0.15, -0.1) is 0 Å². The second kappa shape index (κ2) is 7.96. The Hall–Kier alpha value is -0.640. The van der Waals surface area contributed by atoms with Crippen LogP contribution in [0.15, 0.2) is 18.2 Å². The molecule has 1 N–H and O–H groups in total. The molecule has 0 saturated carbocycles. The first-order valence-electron chi connectivity index (χ1n) is 7.50. The van der Waals surface area contributed by atoms with Crippen molar-refractivity contribution in [2.75, 3.05) is 13.2 Å². The summed E-state index contributed by atoms with van der Waals surface area (Å²) >= 11 is 6.00. The number of benzene rings is 1. The van der Waals surface area contributed by atoms with Crippen LogP contribution in [-0.4, -0.2) is 19.3 Å². The van der Waals surface area contributed by atoms with E-state index in [-0.39, 0.29) is 11.9 Å². The Morgan fingerprint density at radius 2 is 2.35 bits per heavy atom. The van der Waals surface area contributed by atoms with Crippen molar-refractivity contribution in [1.29, 1.82) is 0 Å². The Morgan fingerprint density at radius 3 is 3.05 bits per heavy atom. The van der Waals surface area contributed by atoms with Crippen LogP contribution in [0.2, 0.25) is 5.02 Å². The van der Waals surface area contributed by atoms with Crippen molar-refractivity contribution in [2.24, 2.45) is 0 Å². The Bertz CT molecular complexity index is 421. The first kappa shape index (κ1) is 15.7. The molecular formula is C16H23ClFNO. The molecule has 0 radical (unpaired) electrons. The van der Waals surface area contributed by atoms with Crippen molar-refractivity contribution in [3.05, 3.63) is 34.6 Å². The van der Waals surface area contributed by atoms with Crippen LogP contribution in [0.4, 0.5) is 4.39 Å². The molecule has 1 aromatic carbocycles. The maximum absolute atomic E-state index is 14.0. The lowest BCUT2D eigenvalue weighted by molar-refractivity contribution is 0.0994. The van der Waals surface area contributed by atoms with Crippen LogP contribution >= 0.6 is 11.6 Å². The lowest BCUT2D eigenvalue weighted by Gasteiger charge is -2.21. The summed E-state index contributed by atoms with van der Waals surface area (Å²) in [6, 6.07) is 4.79. The predicted octanol–water partition coefficient (Wildman–Crippen LogP) is 4.48. The van der Waals surface area contributed by atoms with E-state index in [4.69, 9.17) is 16.3 Å². The quantitative estimate of drug-likeness (QED) is 0.801. The summed E-state index contributed by atoms with van der Waals surface area (Å²) < 4.78 is 19.7. The zero-order chi connectivity index (χ0) is 14.4. The van der Waals surface area contributed by atoms with E-state index in [1.807, 2.05) is 0 Å². The zero-order valence-electron chi connectivity index (χ0n) is 12.0. The van der Waals surface area contributed by atoms with Gasteiger partial charge in [0.25, 0.3) is 0 Å². The summed E-state index contributed by atoms with van der Waals surface area (Å²) in [5.41, 5.74) is 0.670. The van der Waals surface area contributed by atoms with E-state index in [1.54, 1.807) is 12.1 Å². The fourth-order valence-electron chi connectivity index (χ4n) is 2.69. The molecule has 0 bridgehead atoms. The minimum absolute atomic E-state index is 0.0119. The fourth-order valence-corrected chi connectivity index (χ4v) is 2.87. The van der Waals surface area contributed by atoms with Crippen LogP contribution in [0.3, 0.4) is 0 Å². The third kappa shape index (κ3) is 4.44. The van der Waals surface area contributed by atoms with Crippen LogP contribution in [0.1, 0.15) is 50.6 Å². The average Bonchev–Trinajstić information content (AvgIpc) is 2.95. The maximum Gasteiger partial charge on any atom is 0.128 e. The van der Waals surface area contributed by atoms with Crippen LogP contribution in [0, 0.1) is 5.82 Å². The SMILES string of the molecule is CCCNC(CCC1CCCO1)c1cc(Cl)ccc1F. The Balaban J connectivity index is 2.02. The first-order valence-corrected chi connectivity index (χ1v) is 7.88. The van der Waals surface area contributed by atoms with Gasteiger partial charge >= 0.3 is 0 Å². The molecule has 112 valence electrons. The lowest BCUT2D eigenvalue weighted by atomic mass is 9.98. The molecule has 0 aliphatic carbocycles. The van der Waals surface area contributed by atoms with Gasteiger partial charge in [-0.1, -0.05) is 18.5 Å². The van der Waals surface area contributed by atoms with Gasteiger partial charge in [0.1, 0.15) is 5.82 Å². The Labute approximate surface area is 125 Å². The molecule has 2 atom stereocenters. The minimum atomic E-state index is -0.185. The Morgan fingerprint density at radius 1 is 1.50 bits per heavy atom. The third-order valence-electron chi connectivity index (χ3n) is 3.78. The van der Waals surface area contributed by atoms with Crippen molar-refractivity contribution >= 4 is 11.6 Å². The normalized spacial score (nSPS) is 20.2. The van der Waals surface area contributed by atoms with Crippen molar-refractivity contribution in [3.8, 4) is 0 Å². The van der Waals surface area contributed by atoms with Gasteiger partial charge in [0.15, 0.2) is 0 Å². The number of hydrogen-bond acceptors (Lipinski definition) is 2. The molecule has 1 heterocycles. The number of nitrogens with one attached hydrogen (secondary N) is 1. The Kier molecular flexibility index (Phi) is 6.27. The molecule has 2 rings (SSSR count). The molecule has 20 heavy (non-hydrogen) atoms. The number of ether oxygens (including phenoxy) is 1. The number of halogens is 2. The van der Waals surface area contributed by atoms with E-state index >= 15 is 0 Å². The number of rotatable bonds is 7. The van der Waals surface area contributed by atoms with Crippen molar-refractivity contribution in [1.82, 2.24) is 5.32 Å². The van der Waals surface area contributed by atoms with Gasteiger partial charge in [-0.2, -0.15) is 0 Å². The smallest absolute Gasteiger partial charge is 0.128 e. The third-order valence-corrected chi connectivity index (χ3v) is 4.01. The van der Waals surface area contributed by atoms with E-state index in [0.717, 1.165) is 45.3 Å². The summed E-state index contributed by atoms with van der Waals surface area (Å²) in [4.78, 5) is 0. The van der Waals surface area contributed by atoms with Gasteiger partial charge in [0.05, 0.1) is 6.10 Å². The molecule has 0 aromatic heterocycles. The van der Waals surface area contributed by atoms with E-state index in [9.17, 15) is 4.39 Å². The highest BCUT2D eigenvalue weighted by Gasteiger charge is 2.20. The van der Waals surface area contributed by atoms with Crippen LogP contribution < -0.4 is 5.32 Å². The van der Waals surface area contributed by atoms with Gasteiger partial charge < -0.3 is 10.1 Å². The summed E-state index contributed by atoms with van der Waals surface area (Å²) in [6.45, 7) is 3.85. The van der Waals surface area contributed by atoms with Crippen LogP contribution in [-0.2, 0) is 4.74 Å². The topological polar surface area (TPSA) is 21.3 Å². The zero-order valence-corrected chi connectivity index (χ0v) is 12.8. The van der Waals surface area contributed by atoms with Gasteiger partial charge in [-0.05, 0) is 56.8 Å². The highest BCUT2D eigenvalue weighted by atomic mass is 35.5. The lowest BCUT2D eigenvalue weighted by Crippen LogP contribution is -2.24. The summed E-state index contributed by atoms with van der Waals surface area (Å²) in [7, 11) is 0. The standard InChI is InChI=1S/C16H23ClFNO/c1-2-9-19-16(8-6-13-4-3-10-20-13)14-11-12(17)5-7-15(14)18/h5,7,11,13,16,19H,2-4,6,8-10H2,1H3. The highest BCUT2D eigenvalue weighted by Crippen LogP contribution is 2.27. The van der Waals surface area contributed by atoms with E-state index in [1.165, 1.54) is 6.07 Å². The number of hydrogen-bond donors (Lipinski definition) is 1. The summed E-state index contributed by atoms with van der Waals surface area (Å²) in [6.07, 6.45) is 5.47. The van der Waals surface area contributed by atoms with Gasteiger partial charge in [0.2, 0.25) is 0 Å². The van der Waals surface area contributed by atoms with Crippen LogP contribution in [0.25, 0.3) is 0 Å². The van der Waals surface area contributed by atoms with Crippen molar-refractivity contribution < 1.29 is 9.13 Å². The molecule has 1 aliphatic rings. The largest absolute Gasteiger partial charge is 0.378 e. The van der Waals surface area contributed by atoms with E-state index < -0.39 is 0 Å². The molecule has 1 fully saturated rings. The molecule has 2 nitrogen and oxygen atoms in total. The second-order valence-electron chi connectivity index (χ2n) is 5.38. The van der Waals surface area contributed by atoms with Gasteiger partial charge in [-0.3, -0.25) is 0 Å². The summed E-state index contributed by atoms with van der Waals surface area (Å²) in [5, 5.41) is 4.01. The molecule has 0 spiro atoms. The molecule has 1 aliphatic heterocycles. The molecule has 1 aromatic rings. The molecule has 2 unspecified atom stereocenters. The van der Waals surface area contributed by atoms with E-state index in [0.29, 0.717) is 16.7 Å². The summed E-state index contributed by atoms with van der Waals surface area (Å²) in [5.74, 6) is -0.185. The average molecular weight is 300 g/mol. The minimum Gasteiger partial charge on any atom is -0.378 e. The molecule has 4 heteroatoms. The van der Waals surface area contributed by atoms with E-state index in [2.05, 4.69) is 12.2 Å². The van der Waals surface area contributed by atoms with Crippen molar-refractivity contribution in [3.63, 3.8) is 0 Å². The fraction of sp³-hybridized carbons (Fsp3) is 0.625. The second-order valence-corrected chi connectivity index (χ2v) is 5.82. The maximum atomic E-state index is 14.0.